The summed E-state index contributed by atoms with van der Waals surface area (Å²) in [4.78, 5) is 8.82. The average Bonchev–Trinajstić information content (AvgIpc) is 2.85. The van der Waals surface area contributed by atoms with E-state index < -0.39 is 0 Å². The third-order valence-electron chi connectivity index (χ3n) is 3.03. The quantitative estimate of drug-likeness (QED) is 0.789. The van der Waals surface area contributed by atoms with Crippen LogP contribution in [0.5, 0.6) is 0 Å². The lowest BCUT2D eigenvalue weighted by molar-refractivity contribution is 0.684. The fourth-order valence-electron chi connectivity index (χ4n) is 2.12. The number of nitrogens with zero attached hydrogens (tertiary/aromatic N) is 2. The molecule has 0 aliphatic heterocycles. The second kappa shape index (κ2) is 5.47. The highest BCUT2D eigenvalue weighted by Crippen LogP contribution is 2.16. The lowest BCUT2D eigenvalue weighted by Crippen LogP contribution is -2.13. The van der Waals surface area contributed by atoms with Crippen molar-refractivity contribution in [3.05, 3.63) is 58.2 Å². The molecule has 0 radical (unpaired) electrons. The summed E-state index contributed by atoms with van der Waals surface area (Å²) < 4.78 is 0. The number of aromatic nitrogens is 2. The predicted octanol–water partition coefficient (Wildman–Crippen LogP) is 3.29. The molecule has 0 aliphatic rings. The van der Waals surface area contributed by atoms with Gasteiger partial charge >= 0.3 is 0 Å². The molecule has 96 valence electrons. The Bertz CT molecular complexity index is 685. The molecular weight excluding hydrogens is 254 g/mol. The van der Waals surface area contributed by atoms with Crippen LogP contribution in [0.2, 0.25) is 0 Å². The number of fused-ring (bicyclic) bond motifs is 1. The first-order valence-electron chi connectivity index (χ1n) is 6.27. The Hall–Kier alpha value is -1.78. The molecule has 0 fully saturated rings. The topological polar surface area (TPSA) is 37.8 Å². The number of nitrogens with one attached hydrogen (secondary N) is 1. The van der Waals surface area contributed by atoms with Crippen molar-refractivity contribution in [3.63, 3.8) is 0 Å². The van der Waals surface area contributed by atoms with Crippen molar-refractivity contribution in [2.75, 3.05) is 0 Å². The van der Waals surface area contributed by atoms with Gasteiger partial charge in [0, 0.05) is 30.1 Å². The maximum atomic E-state index is 4.45. The molecule has 0 saturated carbocycles. The zero-order valence-electron chi connectivity index (χ0n) is 10.8. The van der Waals surface area contributed by atoms with Gasteiger partial charge in [0.15, 0.2) is 0 Å². The van der Waals surface area contributed by atoms with Gasteiger partial charge in [-0.05, 0) is 24.6 Å². The molecule has 3 nitrogen and oxygen atoms in total. The third kappa shape index (κ3) is 2.80. The van der Waals surface area contributed by atoms with Crippen LogP contribution in [0.3, 0.4) is 0 Å². The molecule has 0 aliphatic carbocycles. The third-order valence-corrected chi connectivity index (χ3v) is 3.85. The minimum Gasteiger partial charge on any atom is -0.307 e. The number of para-hydroxylation sites is 1. The molecule has 0 atom stereocenters. The monoisotopic (exact) mass is 269 g/mol. The molecule has 0 saturated heterocycles. The van der Waals surface area contributed by atoms with Crippen LogP contribution in [0.4, 0.5) is 0 Å². The van der Waals surface area contributed by atoms with Crippen LogP contribution in [0.15, 0.2) is 41.9 Å². The van der Waals surface area contributed by atoms with Gasteiger partial charge in [-0.15, -0.1) is 11.3 Å². The predicted molar refractivity (Wildman–Crippen MR) is 79.1 cm³/mol. The molecule has 2 heterocycles. The minimum atomic E-state index is 0.807. The van der Waals surface area contributed by atoms with E-state index in [4.69, 9.17) is 0 Å². The van der Waals surface area contributed by atoms with Crippen molar-refractivity contribution in [3.8, 4) is 0 Å². The second-order valence-electron chi connectivity index (χ2n) is 4.45. The van der Waals surface area contributed by atoms with Gasteiger partial charge < -0.3 is 5.32 Å². The van der Waals surface area contributed by atoms with Gasteiger partial charge in [-0.1, -0.05) is 18.2 Å². The molecule has 1 N–H and O–H groups in total. The highest BCUT2D eigenvalue weighted by Gasteiger charge is 2.02. The first-order chi connectivity index (χ1) is 9.33. The Morgan fingerprint density at radius 2 is 2.05 bits per heavy atom. The average molecular weight is 269 g/mol. The molecular formula is C15H15N3S. The van der Waals surface area contributed by atoms with Crippen LogP contribution in [-0.2, 0) is 13.1 Å². The fraction of sp³-hybridized carbons (Fsp3) is 0.200. The van der Waals surface area contributed by atoms with E-state index in [1.807, 2.05) is 25.3 Å². The second-order valence-corrected chi connectivity index (χ2v) is 5.51. The van der Waals surface area contributed by atoms with E-state index in [2.05, 4.69) is 38.9 Å². The van der Waals surface area contributed by atoms with Gasteiger partial charge in [0.25, 0.3) is 0 Å². The zero-order valence-corrected chi connectivity index (χ0v) is 11.6. The Morgan fingerprint density at radius 3 is 2.89 bits per heavy atom. The standard InChI is InChI=1S/C15H15N3S/c1-11-18-13(10-19-11)9-16-8-12-6-7-17-15-5-3-2-4-14(12)15/h2-7,10,16H,8-9H2,1H3. The number of rotatable bonds is 4. The Morgan fingerprint density at radius 1 is 1.16 bits per heavy atom. The first kappa shape index (κ1) is 12.3. The summed E-state index contributed by atoms with van der Waals surface area (Å²) in [6, 6.07) is 10.3. The normalized spacial score (nSPS) is 11.0. The molecule has 1 aromatic carbocycles. The highest BCUT2D eigenvalue weighted by atomic mass is 32.1. The molecule has 0 unspecified atom stereocenters. The smallest absolute Gasteiger partial charge is 0.0897 e. The lowest BCUT2D eigenvalue weighted by Gasteiger charge is -2.06. The van der Waals surface area contributed by atoms with E-state index in [0.29, 0.717) is 0 Å². The van der Waals surface area contributed by atoms with E-state index in [1.165, 1.54) is 10.9 Å². The van der Waals surface area contributed by atoms with Crippen LogP contribution < -0.4 is 5.32 Å². The van der Waals surface area contributed by atoms with Crippen LogP contribution in [-0.4, -0.2) is 9.97 Å². The number of aryl methyl sites for hydroxylation is 1. The Kier molecular flexibility index (Phi) is 3.53. The van der Waals surface area contributed by atoms with Gasteiger partial charge in [0.1, 0.15) is 0 Å². The molecule has 0 amide bonds. The first-order valence-corrected chi connectivity index (χ1v) is 7.15. The minimum absolute atomic E-state index is 0.807. The van der Waals surface area contributed by atoms with Gasteiger partial charge in [-0.3, -0.25) is 4.98 Å². The van der Waals surface area contributed by atoms with E-state index >= 15 is 0 Å². The maximum Gasteiger partial charge on any atom is 0.0897 e. The summed E-state index contributed by atoms with van der Waals surface area (Å²) in [5.41, 5.74) is 3.43. The van der Waals surface area contributed by atoms with Crippen LogP contribution in [0.25, 0.3) is 10.9 Å². The van der Waals surface area contributed by atoms with Crippen LogP contribution in [0.1, 0.15) is 16.3 Å². The van der Waals surface area contributed by atoms with Gasteiger partial charge in [-0.25, -0.2) is 4.98 Å². The summed E-state index contributed by atoms with van der Waals surface area (Å²) >= 11 is 1.69. The number of benzene rings is 1. The van der Waals surface area contributed by atoms with E-state index in [0.717, 1.165) is 29.3 Å². The maximum absolute atomic E-state index is 4.45. The largest absolute Gasteiger partial charge is 0.307 e. The van der Waals surface area contributed by atoms with Crippen molar-refractivity contribution in [2.45, 2.75) is 20.0 Å². The van der Waals surface area contributed by atoms with E-state index in [-0.39, 0.29) is 0 Å². The van der Waals surface area contributed by atoms with E-state index in [1.54, 1.807) is 11.3 Å². The lowest BCUT2D eigenvalue weighted by atomic mass is 10.1. The summed E-state index contributed by atoms with van der Waals surface area (Å²) in [6.07, 6.45) is 1.87. The van der Waals surface area contributed by atoms with Crippen molar-refractivity contribution < 1.29 is 0 Å². The number of pyridine rings is 1. The van der Waals surface area contributed by atoms with Crippen LogP contribution >= 0.6 is 11.3 Å². The molecule has 3 rings (SSSR count). The number of hydrogen-bond donors (Lipinski definition) is 1. The van der Waals surface area contributed by atoms with Crippen molar-refractivity contribution in [1.29, 1.82) is 0 Å². The van der Waals surface area contributed by atoms with Crippen molar-refractivity contribution in [1.82, 2.24) is 15.3 Å². The van der Waals surface area contributed by atoms with Crippen molar-refractivity contribution in [2.24, 2.45) is 0 Å². The molecule has 3 aromatic rings. The molecule has 2 aromatic heterocycles. The fourth-order valence-corrected chi connectivity index (χ4v) is 2.74. The molecule has 4 heteroatoms. The SMILES string of the molecule is Cc1nc(CNCc2ccnc3ccccc23)cs1. The van der Waals surface area contributed by atoms with Crippen molar-refractivity contribution >= 4 is 22.2 Å². The summed E-state index contributed by atoms with van der Waals surface area (Å²) in [6.45, 7) is 3.67. The summed E-state index contributed by atoms with van der Waals surface area (Å²) in [7, 11) is 0. The zero-order chi connectivity index (χ0) is 13.1. The Balaban J connectivity index is 1.71. The number of hydrogen-bond acceptors (Lipinski definition) is 4. The molecule has 0 bridgehead atoms. The van der Waals surface area contributed by atoms with E-state index in [9.17, 15) is 0 Å². The van der Waals surface area contributed by atoms with Crippen LogP contribution in [0, 0.1) is 6.92 Å². The summed E-state index contributed by atoms with van der Waals surface area (Å²) in [5, 5.41) is 7.88. The Labute approximate surface area is 116 Å². The molecule has 0 spiro atoms. The van der Waals surface area contributed by atoms with Gasteiger partial charge in [0.05, 0.1) is 16.2 Å². The highest BCUT2D eigenvalue weighted by molar-refractivity contribution is 7.09. The van der Waals surface area contributed by atoms with Gasteiger partial charge in [0.2, 0.25) is 0 Å². The number of thiazole rings is 1. The van der Waals surface area contributed by atoms with Gasteiger partial charge in [-0.2, -0.15) is 0 Å². The summed E-state index contributed by atoms with van der Waals surface area (Å²) in [5.74, 6) is 0. The molecule has 19 heavy (non-hydrogen) atoms.